The van der Waals surface area contributed by atoms with E-state index < -0.39 is 0 Å². The highest BCUT2D eigenvalue weighted by atomic mass is 13.5. The Morgan fingerprint density at radius 3 is 2.00 bits per heavy atom. The van der Waals surface area contributed by atoms with Gasteiger partial charge in [0.15, 0.2) is 0 Å². The Hall–Kier alpha value is 0.130. The van der Waals surface area contributed by atoms with Crippen molar-refractivity contribution in [2.45, 2.75) is 19.5 Å². The molecule has 2 heteroatoms. The Balaban J connectivity index is 2.54. The molecule has 0 heterocycles. The zero-order chi connectivity index (χ0) is 4.28. The van der Waals surface area contributed by atoms with Gasteiger partial charge in [-0.15, -0.1) is 0 Å². The molecule has 0 spiro atoms. The predicted octanol–water partition coefficient (Wildman–Crippen LogP) is -0.130. The lowest BCUT2D eigenvalue weighted by atomic mass is 9.58. The molecule has 1 atom stereocenters. The van der Waals surface area contributed by atoms with Crippen molar-refractivity contribution in [2.75, 3.05) is 0 Å². The summed E-state index contributed by atoms with van der Waals surface area (Å²) >= 11 is 0. The molecular weight excluding hydrogens is 57.7 g/mol. The molecule has 0 nitrogen and oxygen atoms in total. The van der Waals surface area contributed by atoms with Gasteiger partial charge in [-0.1, -0.05) is 19.5 Å². The Labute approximate surface area is 35.6 Å². The lowest BCUT2D eigenvalue weighted by molar-refractivity contribution is 1.34. The summed E-state index contributed by atoms with van der Waals surface area (Å²) in [5, 5.41) is 0. The third kappa shape index (κ3) is 4.13. The topological polar surface area (TPSA) is 0 Å². The minimum absolute atomic E-state index is 0.884. The minimum atomic E-state index is 0.884. The molecular formula is C3H10B2. The van der Waals surface area contributed by atoms with Crippen molar-refractivity contribution in [3.8, 4) is 0 Å². The van der Waals surface area contributed by atoms with Crippen LogP contribution in [0.1, 0.15) is 6.92 Å². The molecule has 0 bridgehead atoms. The van der Waals surface area contributed by atoms with E-state index >= 15 is 0 Å². The first kappa shape index (κ1) is 5.13. The van der Waals surface area contributed by atoms with E-state index in [1.807, 2.05) is 0 Å². The van der Waals surface area contributed by atoms with Crippen molar-refractivity contribution in [1.29, 1.82) is 0 Å². The maximum Gasteiger partial charge on any atom is 0.112 e. The van der Waals surface area contributed by atoms with Crippen LogP contribution in [0.3, 0.4) is 0 Å². The van der Waals surface area contributed by atoms with Crippen LogP contribution in [-0.2, 0) is 0 Å². The molecule has 0 aliphatic heterocycles. The van der Waals surface area contributed by atoms with Crippen LogP contribution < -0.4 is 0 Å². The molecule has 0 rings (SSSR count). The molecule has 0 saturated carbocycles. The van der Waals surface area contributed by atoms with Gasteiger partial charge in [0, 0.05) is 0 Å². The summed E-state index contributed by atoms with van der Waals surface area (Å²) in [6.45, 7) is 4.42. The molecule has 0 fully saturated rings. The molecule has 0 N–H and O–H groups in total. The van der Waals surface area contributed by atoms with E-state index in [9.17, 15) is 0 Å². The fraction of sp³-hybridized carbons (Fsp3) is 1.00. The van der Waals surface area contributed by atoms with Crippen molar-refractivity contribution < 1.29 is 0 Å². The first-order valence-corrected chi connectivity index (χ1v) is 2.27. The summed E-state index contributed by atoms with van der Waals surface area (Å²) in [5.41, 5.74) is 0.884. The van der Waals surface area contributed by atoms with Crippen molar-refractivity contribution in [1.82, 2.24) is 0 Å². The van der Waals surface area contributed by atoms with Crippen LogP contribution in [0.2, 0.25) is 12.5 Å². The molecule has 5 heavy (non-hydrogen) atoms. The van der Waals surface area contributed by atoms with Crippen LogP contribution in [0.15, 0.2) is 0 Å². The Bertz CT molecular complexity index is 18.9. The summed E-state index contributed by atoms with van der Waals surface area (Å²) in [6.07, 6.45) is 0. The van der Waals surface area contributed by atoms with Crippen LogP contribution in [0.5, 0.6) is 0 Å². The first-order valence-electron chi connectivity index (χ1n) is 2.27. The zero-order valence-corrected chi connectivity index (χ0v) is 4.28. The standard InChI is InChI=1S/C3H10B2/c1-3(4)5-2/h3,5H,4H2,1-2H3. The average molecular weight is 67.7 g/mol. The van der Waals surface area contributed by atoms with Gasteiger partial charge < -0.3 is 0 Å². The van der Waals surface area contributed by atoms with Gasteiger partial charge in [0.25, 0.3) is 0 Å². The molecule has 28 valence electrons. The summed E-state index contributed by atoms with van der Waals surface area (Å²) in [6, 6.07) is 0. The van der Waals surface area contributed by atoms with E-state index in [4.69, 9.17) is 0 Å². The molecule has 0 aliphatic rings. The number of rotatable bonds is 1. The third-order valence-corrected chi connectivity index (χ3v) is 0.816. The van der Waals surface area contributed by atoms with Gasteiger partial charge in [-0.25, -0.2) is 0 Å². The molecule has 0 aliphatic carbocycles. The number of hydrogen-bond donors (Lipinski definition) is 0. The maximum absolute atomic E-state index is 2.22. The van der Waals surface area contributed by atoms with E-state index in [0.29, 0.717) is 0 Å². The Kier molecular flexibility index (Phi) is 2.43. The fourth-order valence-electron chi connectivity index (χ4n) is 0. The van der Waals surface area contributed by atoms with E-state index in [-0.39, 0.29) is 0 Å². The quantitative estimate of drug-likeness (QED) is 0.375. The largest absolute Gasteiger partial charge is 0.112 e. The SMILES string of the molecule is BC(C)BC. The van der Waals surface area contributed by atoms with Crippen molar-refractivity contribution >= 4 is 15.1 Å². The van der Waals surface area contributed by atoms with Gasteiger partial charge in [-0.2, -0.15) is 0 Å². The van der Waals surface area contributed by atoms with Crippen LogP contribution in [0.4, 0.5) is 0 Å². The summed E-state index contributed by atoms with van der Waals surface area (Å²) in [5.74, 6) is 0. The van der Waals surface area contributed by atoms with E-state index in [2.05, 4.69) is 21.6 Å². The van der Waals surface area contributed by atoms with Crippen LogP contribution in [-0.4, -0.2) is 15.1 Å². The molecule has 0 aromatic carbocycles. The van der Waals surface area contributed by atoms with Crippen LogP contribution in [0.25, 0.3) is 0 Å². The van der Waals surface area contributed by atoms with Gasteiger partial charge in [0.05, 0.1) is 7.85 Å². The lowest BCUT2D eigenvalue weighted by Crippen LogP contribution is -1.89. The van der Waals surface area contributed by atoms with Gasteiger partial charge in [-0.05, 0) is 0 Å². The summed E-state index contributed by atoms with van der Waals surface area (Å²) in [4.78, 5) is 0. The van der Waals surface area contributed by atoms with Gasteiger partial charge in [-0.3, -0.25) is 0 Å². The Morgan fingerprint density at radius 2 is 2.00 bits per heavy atom. The Morgan fingerprint density at radius 1 is 1.80 bits per heavy atom. The average Bonchev–Trinajstić information content (AvgIpc) is 1.38. The number of hydrogen-bond acceptors (Lipinski definition) is 0. The summed E-state index contributed by atoms with van der Waals surface area (Å²) < 4.78 is 0. The van der Waals surface area contributed by atoms with Crippen molar-refractivity contribution in [3.05, 3.63) is 0 Å². The van der Waals surface area contributed by atoms with E-state index in [1.165, 1.54) is 7.28 Å². The highest BCUT2D eigenvalue weighted by molar-refractivity contribution is 6.48. The molecule has 0 aromatic heterocycles. The molecule has 1 unspecified atom stereocenters. The van der Waals surface area contributed by atoms with E-state index in [1.54, 1.807) is 0 Å². The normalized spacial score (nSPS) is 14.0. The third-order valence-electron chi connectivity index (χ3n) is 0.816. The second-order valence-corrected chi connectivity index (χ2v) is 1.80. The highest BCUT2D eigenvalue weighted by Gasteiger charge is 1.84. The summed E-state index contributed by atoms with van der Waals surface area (Å²) in [7, 11) is 3.53. The predicted molar refractivity (Wildman–Crippen MR) is 31.0 cm³/mol. The van der Waals surface area contributed by atoms with Crippen molar-refractivity contribution in [2.24, 2.45) is 0 Å². The highest BCUT2D eigenvalue weighted by Crippen LogP contribution is 1.86. The van der Waals surface area contributed by atoms with Crippen LogP contribution >= 0.6 is 0 Å². The molecule has 0 aromatic rings. The molecule has 0 saturated heterocycles. The first-order chi connectivity index (χ1) is 2.27. The van der Waals surface area contributed by atoms with Gasteiger partial charge >= 0.3 is 0 Å². The monoisotopic (exact) mass is 68.1 g/mol. The molecule has 0 amide bonds. The lowest BCUT2D eigenvalue weighted by Gasteiger charge is -1.87. The van der Waals surface area contributed by atoms with Gasteiger partial charge in [0.1, 0.15) is 7.28 Å². The second-order valence-electron chi connectivity index (χ2n) is 1.80. The maximum atomic E-state index is 2.22. The fourth-order valence-corrected chi connectivity index (χ4v) is 0. The van der Waals surface area contributed by atoms with E-state index in [0.717, 1.165) is 5.72 Å². The zero-order valence-electron chi connectivity index (χ0n) is 4.28. The second kappa shape index (κ2) is 2.37. The van der Waals surface area contributed by atoms with Gasteiger partial charge in [0.2, 0.25) is 0 Å². The smallest absolute Gasteiger partial charge is 0.0957 e. The molecule has 0 radical (unpaired) electrons. The minimum Gasteiger partial charge on any atom is -0.0957 e. The van der Waals surface area contributed by atoms with Crippen molar-refractivity contribution in [3.63, 3.8) is 0 Å². The van der Waals surface area contributed by atoms with Crippen LogP contribution in [0, 0.1) is 0 Å².